The Morgan fingerprint density at radius 2 is 1.77 bits per heavy atom. The van der Waals surface area contributed by atoms with Crippen molar-refractivity contribution in [2.45, 2.75) is 82.4 Å². The van der Waals surface area contributed by atoms with E-state index in [1.54, 1.807) is 5.57 Å². The summed E-state index contributed by atoms with van der Waals surface area (Å²) in [5.41, 5.74) is 4.34. The van der Waals surface area contributed by atoms with Crippen molar-refractivity contribution in [3.63, 3.8) is 0 Å². The first kappa shape index (κ1) is 19.8. The van der Waals surface area contributed by atoms with Crippen molar-refractivity contribution in [2.75, 3.05) is 13.1 Å². The van der Waals surface area contributed by atoms with E-state index in [1.807, 2.05) is 26.0 Å². The SMILES string of the molecule is CC(=C1CCN([C@@H]2CCC[C@@H](C)C2)CC1)c1ccc(S(=O)C(C)C)cc1. The average Bonchev–Trinajstić information content (AvgIpc) is 2.67. The Bertz CT molecular complexity index is 651. The molecule has 0 amide bonds. The van der Waals surface area contributed by atoms with Gasteiger partial charge in [0.25, 0.3) is 0 Å². The number of hydrogen-bond acceptors (Lipinski definition) is 2. The number of nitrogens with zero attached hydrogens (tertiary/aromatic N) is 1. The van der Waals surface area contributed by atoms with E-state index in [-0.39, 0.29) is 5.25 Å². The van der Waals surface area contributed by atoms with E-state index >= 15 is 0 Å². The maximum atomic E-state index is 12.2. The van der Waals surface area contributed by atoms with Crippen LogP contribution in [-0.4, -0.2) is 33.5 Å². The third kappa shape index (κ3) is 4.67. The van der Waals surface area contributed by atoms with Gasteiger partial charge in [-0.15, -0.1) is 0 Å². The van der Waals surface area contributed by atoms with Crippen molar-refractivity contribution >= 4 is 16.4 Å². The van der Waals surface area contributed by atoms with E-state index in [1.165, 1.54) is 62.8 Å². The molecule has 2 nitrogen and oxygen atoms in total. The lowest BCUT2D eigenvalue weighted by Gasteiger charge is -2.39. The predicted molar refractivity (Wildman–Crippen MR) is 113 cm³/mol. The summed E-state index contributed by atoms with van der Waals surface area (Å²) < 4.78 is 12.2. The highest BCUT2D eigenvalue weighted by molar-refractivity contribution is 7.85. The molecule has 1 aliphatic carbocycles. The smallest absolute Gasteiger partial charge is 0.0555 e. The molecule has 3 rings (SSSR count). The maximum Gasteiger partial charge on any atom is 0.0555 e. The maximum absolute atomic E-state index is 12.2. The highest BCUT2D eigenvalue weighted by Gasteiger charge is 2.27. The zero-order valence-electron chi connectivity index (χ0n) is 17.0. The summed E-state index contributed by atoms with van der Waals surface area (Å²) in [7, 11) is -0.895. The summed E-state index contributed by atoms with van der Waals surface area (Å²) in [6, 6.07) is 9.24. The lowest BCUT2D eigenvalue weighted by atomic mass is 9.85. The normalized spacial score (nSPS) is 26.1. The Hall–Kier alpha value is -0.930. The number of hydrogen-bond donors (Lipinski definition) is 0. The number of allylic oxidation sites excluding steroid dienone is 1. The first-order chi connectivity index (χ1) is 12.5. The third-order valence-corrected chi connectivity index (χ3v) is 7.90. The fraction of sp³-hybridized carbons (Fsp3) is 0.652. The van der Waals surface area contributed by atoms with Crippen LogP contribution in [0.2, 0.25) is 0 Å². The van der Waals surface area contributed by atoms with Gasteiger partial charge in [0, 0.05) is 29.3 Å². The molecule has 1 aliphatic heterocycles. The monoisotopic (exact) mass is 373 g/mol. The van der Waals surface area contributed by atoms with E-state index < -0.39 is 10.8 Å². The van der Waals surface area contributed by atoms with Crippen LogP contribution in [-0.2, 0) is 10.8 Å². The molecule has 0 aromatic heterocycles. The van der Waals surface area contributed by atoms with Gasteiger partial charge in [-0.2, -0.15) is 0 Å². The number of piperidine rings is 1. The van der Waals surface area contributed by atoms with Crippen LogP contribution < -0.4 is 0 Å². The Morgan fingerprint density at radius 1 is 1.12 bits per heavy atom. The second kappa shape index (κ2) is 8.84. The van der Waals surface area contributed by atoms with Crippen molar-refractivity contribution < 1.29 is 4.21 Å². The van der Waals surface area contributed by atoms with Crippen LogP contribution in [0.25, 0.3) is 5.57 Å². The molecular weight excluding hydrogens is 338 g/mol. The molecule has 1 unspecified atom stereocenters. The van der Waals surface area contributed by atoms with Crippen molar-refractivity contribution in [2.24, 2.45) is 5.92 Å². The van der Waals surface area contributed by atoms with Crippen LogP contribution in [0.4, 0.5) is 0 Å². The zero-order valence-corrected chi connectivity index (χ0v) is 17.8. The second-order valence-corrected chi connectivity index (χ2v) is 10.6. The molecule has 1 saturated heterocycles. The van der Waals surface area contributed by atoms with Crippen LogP contribution in [0, 0.1) is 5.92 Å². The minimum absolute atomic E-state index is 0.173. The van der Waals surface area contributed by atoms with Crippen LogP contribution in [0.15, 0.2) is 34.7 Å². The Labute approximate surface area is 162 Å². The summed E-state index contributed by atoms with van der Waals surface area (Å²) in [6.07, 6.45) is 8.04. The van der Waals surface area contributed by atoms with Crippen LogP contribution in [0.5, 0.6) is 0 Å². The Balaban J connectivity index is 1.63. The molecule has 1 heterocycles. The van der Waals surface area contributed by atoms with Crippen LogP contribution >= 0.6 is 0 Å². The quantitative estimate of drug-likeness (QED) is 0.679. The summed E-state index contributed by atoms with van der Waals surface area (Å²) in [6.45, 7) is 11.2. The lowest BCUT2D eigenvalue weighted by Crippen LogP contribution is -2.42. The van der Waals surface area contributed by atoms with Crippen molar-refractivity contribution in [3.05, 3.63) is 35.4 Å². The van der Waals surface area contributed by atoms with Gasteiger partial charge in [-0.05, 0) is 61.8 Å². The molecule has 0 spiro atoms. The lowest BCUT2D eigenvalue weighted by molar-refractivity contribution is 0.126. The van der Waals surface area contributed by atoms with E-state index in [2.05, 4.69) is 30.9 Å². The fourth-order valence-electron chi connectivity index (χ4n) is 4.58. The molecule has 0 bridgehead atoms. The van der Waals surface area contributed by atoms with Crippen LogP contribution in [0.3, 0.4) is 0 Å². The first-order valence-corrected chi connectivity index (χ1v) is 11.6. The van der Waals surface area contributed by atoms with Gasteiger partial charge in [0.05, 0.1) is 10.8 Å². The Kier molecular flexibility index (Phi) is 6.74. The molecule has 144 valence electrons. The molecule has 1 aromatic carbocycles. The van der Waals surface area contributed by atoms with Crippen molar-refractivity contribution in [1.82, 2.24) is 4.90 Å². The molecule has 2 fully saturated rings. The molecule has 0 radical (unpaired) electrons. The van der Waals surface area contributed by atoms with E-state index in [4.69, 9.17) is 0 Å². The largest absolute Gasteiger partial charge is 0.300 e. The molecule has 1 aromatic rings. The highest BCUT2D eigenvalue weighted by atomic mass is 32.2. The van der Waals surface area contributed by atoms with E-state index in [9.17, 15) is 4.21 Å². The van der Waals surface area contributed by atoms with Gasteiger partial charge in [-0.3, -0.25) is 9.11 Å². The van der Waals surface area contributed by atoms with Gasteiger partial charge < -0.3 is 0 Å². The Morgan fingerprint density at radius 3 is 2.35 bits per heavy atom. The number of rotatable bonds is 4. The van der Waals surface area contributed by atoms with Crippen molar-refractivity contribution in [3.8, 4) is 0 Å². The first-order valence-electron chi connectivity index (χ1n) is 10.4. The van der Waals surface area contributed by atoms with E-state index in [0.29, 0.717) is 0 Å². The van der Waals surface area contributed by atoms with Gasteiger partial charge >= 0.3 is 0 Å². The molecule has 3 atom stereocenters. The standard InChI is InChI=1S/C23H35NOS/c1-17(2)26(25)23-10-8-20(9-11-23)19(4)21-12-14-24(15-13-21)22-7-5-6-18(3)16-22/h8-11,17-18,22H,5-7,12-16H2,1-4H3/t18-,22-,26?/m1/s1. The summed E-state index contributed by atoms with van der Waals surface area (Å²) in [5, 5.41) is 0.173. The fourth-order valence-corrected chi connectivity index (χ4v) is 5.53. The summed E-state index contributed by atoms with van der Waals surface area (Å²) in [5.74, 6) is 0.905. The predicted octanol–water partition coefficient (Wildman–Crippen LogP) is 5.65. The molecule has 26 heavy (non-hydrogen) atoms. The van der Waals surface area contributed by atoms with Gasteiger partial charge in [-0.25, -0.2) is 0 Å². The average molecular weight is 374 g/mol. The van der Waals surface area contributed by atoms with E-state index in [0.717, 1.165) is 16.9 Å². The summed E-state index contributed by atoms with van der Waals surface area (Å²) >= 11 is 0. The molecule has 1 saturated carbocycles. The second-order valence-electron chi connectivity index (χ2n) is 8.56. The molecule has 3 heteroatoms. The van der Waals surface area contributed by atoms with Gasteiger partial charge in [0.15, 0.2) is 0 Å². The third-order valence-electron chi connectivity index (χ3n) is 6.30. The molecule has 2 aliphatic rings. The van der Waals surface area contributed by atoms with Gasteiger partial charge in [-0.1, -0.05) is 51.3 Å². The van der Waals surface area contributed by atoms with Crippen molar-refractivity contribution in [1.29, 1.82) is 0 Å². The van der Waals surface area contributed by atoms with Gasteiger partial charge in [0.1, 0.15) is 0 Å². The topological polar surface area (TPSA) is 20.3 Å². The highest BCUT2D eigenvalue weighted by Crippen LogP contribution is 2.32. The molecular formula is C23H35NOS. The van der Waals surface area contributed by atoms with Gasteiger partial charge in [0.2, 0.25) is 0 Å². The molecule has 0 N–H and O–H groups in total. The van der Waals surface area contributed by atoms with Crippen LogP contribution in [0.1, 0.15) is 71.8 Å². The summed E-state index contributed by atoms with van der Waals surface area (Å²) in [4.78, 5) is 3.70. The zero-order chi connectivity index (χ0) is 18.7. The minimum atomic E-state index is -0.895. The number of likely N-dealkylation sites (tertiary alicyclic amines) is 1. The number of benzene rings is 1. The minimum Gasteiger partial charge on any atom is -0.300 e.